The number of hydrogen-bond donors (Lipinski definition) is 0. The van der Waals surface area contributed by atoms with Gasteiger partial charge in [0.05, 0.1) is 19.3 Å². The lowest BCUT2D eigenvalue weighted by molar-refractivity contribution is -0.143. The Morgan fingerprint density at radius 1 is 1.35 bits per heavy atom. The first kappa shape index (κ1) is 13.7. The maximum atomic E-state index is 10.8. The zero-order valence-corrected chi connectivity index (χ0v) is 10.1. The van der Waals surface area contributed by atoms with E-state index in [1.807, 2.05) is 0 Å². The Bertz CT molecular complexity index is 304. The third kappa shape index (κ3) is 6.75. The summed E-state index contributed by atoms with van der Waals surface area (Å²) in [6.45, 7) is 1.33. The molecule has 0 heterocycles. The first-order valence-electron chi connectivity index (χ1n) is 6.11. The van der Waals surface area contributed by atoms with E-state index in [0.29, 0.717) is 13.2 Å². The van der Waals surface area contributed by atoms with Gasteiger partial charge >= 0.3 is 5.97 Å². The predicted molar refractivity (Wildman–Crippen MR) is 63.2 cm³/mol. The van der Waals surface area contributed by atoms with E-state index < -0.39 is 5.97 Å². The Balaban J connectivity index is 1.92. The molecule has 0 spiro atoms. The average molecular weight is 237 g/mol. The molecule has 0 aromatic heterocycles. The number of nitriles is 1. The van der Waals surface area contributed by atoms with Crippen LogP contribution in [0.4, 0.5) is 0 Å². The number of carbonyl (C=O) groups excluding carboxylic acids is 1. The maximum absolute atomic E-state index is 10.8. The molecule has 4 heteroatoms. The van der Waals surface area contributed by atoms with E-state index in [2.05, 4.69) is 6.08 Å². The minimum atomic E-state index is -0.480. The Kier molecular flexibility index (Phi) is 7.08. The second-order valence-corrected chi connectivity index (χ2v) is 4.03. The molecular formula is C13H19NO3. The van der Waals surface area contributed by atoms with Crippen molar-refractivity contribution in [1.82, 2.24) is 0 Å². The lowest BCUT2D eigenvalue weighted by atomic mass is 9.98. The second kappa shape index (κ2) is 8.77. The molecule has 0 N–H and O–H groups in total. The van der Waals surface area contributed by atoms with Crippen LogP contribution in [-0.4, -0.2) is 25.8 Å². The van der Waals surface area contributed by atoms with Crippen molar-refractivity contribution in [3.63, 3.8) is 0 Å². The van der Waals surface area contributed by atoms with Crippen LogP contribution < -0.4 is 0 Å². The van der Waals surface area contributed by atoms with Crippen LogP contribution in [0.3, 0.4) is 0 Å². The Morgan fingerprint density at radius 3 is 2.94 bits per heavy atom. The Labute approximate surface area is 102 Å². The molecule has 94 valence electrons. The van der Waals surface area contributed by atoms with Gasteiger partial charge in [-0.3, -0.25) is 4.79 Å². The van der Waals surface area contributed by atoms with Crippen molar-refractivity contribution >= 4 is 5.97 Å². The van der Waals surface area contributed by atoms with Crippen molar-refractivity contribution in [3.05, 3.63) is 11.6 Å². The predicted octanol–water partition coefficient (Wildman–Crippen LogP) is 2.35. The molecule has 0 saturated carbocycles. The number of hydrogen-bond acceptors (Lipinski definition) is 4. The lowest BCUT2D eigenvalue weighted by Crippen LogP contribution is -2.10. The molecule has 0 saturated heterocycles. The molecule has 1 aliphatic carbocycles. The zero-order valence-electron chi connectivity index (χ0n) is 10.1. The molecule has 1 aliphatic rings. The molecule has 1 rings (SSSR count). The fourth-order valence-corrected chi connectivity index (χ4v) is 1.77. The fourth-order valence-electron chi connectivity index (χ4n) is 1.77. The van der Waals surface area contributed by atoms with Gasteiger partial charge in [-0.1, -0.05) is 11.6 Å². The van der Waals surface area contributed by atoms with Crippen molar-refractivity contribution in [2.24, 2.45) is 0 Å². The summed E-state index contributed by atoms with van der Waals surface area (Å²) in [5.41, 5.74) is 1.48. The molecule has 4 nitrogen and oxygen atoms in total. The highest BCUT2D eigenvalue weighted by atomic mass is 16.6. The van der Waals surface area contributed by atoms with Crippen LogP contribution in [0.2, 0.25) is 0 Å². The molecular weight excluding hydrogens is 218 g/mol. The van der Waals surface area contributed by atoms with Gasteiger partial charge in [0, 0.05) is 0 Å². The number of rotatable bonds is 7. The number of carbonyl (C=O) groups is 1. The topological polar surface area (TPSA) is 59.3 Å². The van der Waals surface area contributed by atoms with Gasteiger partial charge in [0.1, 0.15) is 13.0 Å². The van der Waals surface area contributed by atoms with E-state index in [9.17, 15) is 4.79 Å². The second-order valence-electron chi connectivity index (χ2n) is 4.03. The summed E-state index contributed by atoms with van der Waals surface area (Å²) in [5.74, 6) is -0.480. The molecule has 0 atom stereocenters. The summed E-state index contributed by atoms with van der Waals surface area (Å²) in [7, 11) is 0. The monoisotopic (exact) mass is 237 g/mol. The van der Waals surface area contributed by atoms with Crippen LogP contribution in [0, 0.1) is 11.3 Å². The summed E-state index contributed by atoms with van der Waals surface area (Å²) in [5, 5.41) is 8.23. The highest BCUT2D eigenvalue weighted by molar-refractivity contribution is 5.71. The first-order valence-corrected chi connectivity index (χ1v) is 6.11. The SMILES string of the molecule is N#CCC(=O)OCCOCCC1=CCCCC1. The number of esters is 1. The highest BCUT2D eigenvalue weighted by Gasteiger charge is 2.03. The van der Waals surface area contributed by atoms with Gasteiger partial charge in [-0.05, 0) is 32.1 Å². The molecule has 0 aliphatic heterocycles. The van der Waals surface area contributed by atoms with Crippen LogP contribution in [0.15, 0.2) is 11.6 Å². The van der Waals surface area contributed by atoms with Gasteiger partial charge in [0.2, 0.25) is 0 Å². The lowest BCUT2D eigenvalue weighted by Gasteiger charge is -2.12. The molecule has 0 aromatic rings. The molecule has 0 fully saturated rings. The summed E-state index contributed by atoms with van der Waals surface area (Å²) >= 11 is 0. The summed E-state index contributed by atoms with van der Waals surface area (Å²) in [4.78, 5) is 10.8. The van der Waals surface area contributed by atoms with E-state index in [-0.39, 0.29) is 13.0 Å². The average Bonchev–Trinajstić information content (AvgIpc) is 2.35. The number of allylic oxidation sites excluding steroid dienone is 1. The number of nitrogens with zero attached hydrogens (tertiary/aromatic N) is 1. The van der Waals surface area contributed by atoms with Gasteiger partial charge in [0.25, 0.3) is 0 Å². The molecule has 0 amide bonds. The Hall–Kier alpha value is -1.34. The highest BCUT2D eigenvalue weighted by Crippen LogP contribution is 2.19. The molecule has 0 radical (unpaired) electrons. The summed E-state index contributed by atoms with van der Waals surface area (Å²) < 4.78 is 10.1. The van der Waals surface area contributed by atoms with Crippen LogP contribution in [0.1, 0.15) is 38.5 Å². The van der Waals surface area contributed by atoms with Crippen molar-refractivity contribution in [1.29, 1.82) is 5.26 Å². The van der Waals surface area contributed by atoms with Crippen molar-refractivity contribution in [2.75, 3.05) is 19.8 Å². The van der Waals surface area contributed by atoms with Gasteiger partial charge in [-0.25, -0.2) is 0 Å². The molecule has 17 heavy (non-hydrogen) atoms. The summed E-state index contributed by atoms with van der Waals surface area (Å²) in [6, 6.07) is 1.74. The quantitative estimate of drug-likeness (QED) is 0.387. The first-order chi connectivity index (χ1) is 8.33. The summed E-state index contributed by atoms with van der Waals surface area (Å²) in [6.07, 6.45) is 8.08. The molecule has 0 unspecified atom stereocenters. The Morgan fingerprint density at radius 2 is 2.24 bits per heavy atom. The minimum Gasteiger partial charge on any atom is -0.462 e. The van der Waals surface area contributed by atoms with E-state index in [1.54, 1.807) is 6.07 Å². The van der Waals surface area contributed by atoms with E-state index in [0.717, 1.165) is 6.42 Å². The minimum absolute atomic E-state index is 0.188. The van der Waals surface area contributed by atoms with E-state index >= 15 is 0 Å². The molecule has 0 aromatic carbocycles. The standard InChI is InChI=1S/C13H19NO3/c14-8-6-13(15)17-11-10-16-9-7-12-4-2-1-3-5-12/h4H,1-3,5-7,9-11H2. The van der Waals surface area contributed by atoms with Crippen molar-refractivity contribution in [3.8, 4) is 6.07 Å². The third-order valence-electron chi connectivity index (χ3n) is 2.67. The smallest absolute Gasteiger partial charge is 0.320 e. The largest absolute Gasteiger partial charge is 0.462 e. The van der Waals surface area contributed by atoms with E-state index in [1.165, 1.54) is 31.3 Å². The van der Waals surface area contributed by atoms with Gasteiger partial charge < -0.3 is 9.47 Å². The van der Waals surface area contributed by atoms with Crippen LogP contribution in [0.25, 0.3) is 0 Å². The normalized spacial score (nSPS) is 14.9. The fraction of sp³-hybridized carbons (Fsp3) is 0.692. The van der Waals surface area contributed by atoms with Gasteiger partial charge in [0.15, 0.2) is 0 Å². The number of ether oxygens (including phenoxy) is 2. The maximum Gasteiger partial charge on any atom is 0.320 e. The van der Waals surface area contributed by atoms with Gasteiger partial charge in [-0.2, -0.15) is 5.26 Å². The van der Waals surface area contributed by atoms with Gasteiger partial charge in [-0.15, -0.1) is 0 Å². The van der Waals surface area contributed by atoms with Crippen molar-refractivity contribution < 1.29 is 14.3 Å². The third-order valence-corrected chi connectivity index (χ3v) is 2.67. The van der Waals surface area contributed by atoms with E-state index in [4.69, 9.17) is 14.7 Å². The molecule has 0 bridgehead atoms. The zero-order chi connectivity index (χ0) is 12.3. The van der Waals surface area contributed by atoms with Crippen LogP contribution in [-0.2, 0) is 14.3 Å². The van der Waals surface area contributed by atoms with Crippen molar-refractivity contribution in [2.45, 2.75) is 38.5 Å². The van der Waals surface area contributed by atoms with Crippen LogP contribution >= 0.6 is 0 Å². The van der Waals surface area contributed by atoms with Crippen LogP contribution in [0.5, 0.6) is 0 Å².